The summed E-state index contributed by atoms with van der Waals surface area (Å²) >= 11 is 0. The van der Waals surface area contributed by atoms with E-state index < -0.39 is 0 Å². The minimum atomic E-state index is -0.368. The zero-order valence-corrected chi connectivity index (χ0v) is 11.4. The molecule has 0 saturated carbocycles. The molecule has 104 valence electrons. The van der Waals surface area contributed by atoms with E-state index in [-0.39, 0.29) is 5.76 Å². The van der Waals surface area contributed by atoms with Gasteiger partial charge in [0.15, 0.2) is 5.58 Å². The molecule has 1 heterocycles. The van der Waals surface area contributed by atoms with Gasteiger partial charge in [-0.1, -0.05) is 13.8 Å². The maximum atomic E-state index is 11.7. The Labute approximate surface area is 112 Å². The summed E-state index contributed by atoms with van der Waals surface area (Å²) in [5.41, 5.74) is 7.52. The van der Waals surface area contributed by atoms with Crippen LogP contribution in [0.15, 0.2) is 27.4 Å². The van der Waals surface area contributed by atoms with Crippen molar-refractivity contribution in [1.82, 2.24) is 4.57 Å². The lowest BCUT2D eigenvalue weighted by molar-refractivity contribution is 0.115. The molecule has 0 amide bonds. The third kappa shape index (κ3) is 3.38. The SMILES string of the molecule is CC(C)CCOCCn1c(=O)oc2cc(N)ccc21. The smallest absolute Gasteiger partial charge is 0.408 e. The number of oxazole rings is 1. The first-order valence-electron chi connectivity index (χ1n) is 6.54. The van der Waals surface area contributed by atoms with Gasteiger partial charge in [-0.3, -0.25) is 4.57 Å². The first-order chi connectivity index (χ1) is 9.08. The molecule has 0 fully saturated rings. The third-order valence-electron chi connectivity index (χ3n) is 2.99. The lowest BCUT2D eigenvalue weighted by atomic mass is 10.1. The second-order valence-corrected chi connectivity index (χ2v) is 5.04. The molecule has 2 rings (SSSR count). The minimum absolute atomic E-state index is 0.368. The van der Waals surface area contributed by atoms with Gasteiger partial charge < -0.3 is 14.9 Å². The van der Waals surface area contributed by atoms with Crippen LogP contribution in [0.2, 0.25) is 0 Å². The molecule has 0 bridgehead atoms. The molecule has 2 N–H and O–H groups in total. The van der Waals surface area contributed by atoms with E-state index in [1.807, 2.05) is 0 Å². The largest absolute Gasteiger partial charge is 0.420 e. The van der Waals surface area contributed by atoms with Crippen LogP contribution in [0.25, 0.3) is 11.1 Å². The van der Waals surface area contributed by atoms with Crippen molar-refractivity contribution in [3.63, 3.8) is 0 Å². The van der Waals surface area contributed by atoms with Gasteiger partial charge >= 0.3 is 5.76 Å². The lowest BCUT2D eigenvalue weighted by Crippen LogP contribution is -2.17. The number of ether oxygens (including phenoxy) is 1. The highest BCUT2D eigenvalue weighted by Gasteiger charge is 2.08. The average molecular weight is 264 g/mol. The topological polar surface area (TPSA) is 70.4 Å². The van der Waals surface area contributed by atoms with Crippen molar-refractivity contribution in [3.05, 3.63) is 28.7 Å². The molecule has 0 aliphatic heterocycles. The fourth-order valence-electron chi connectivity index (χ4n) is 1.87. The molecule has 1 aromatic heterocycles. The van der Waals surface area contributed by atoms with Crippen molar-refractivity contribution in [2.75, 3.05) is 18.9 Å². The van der Waals surface area contributed by atoms with Crippen LogP contribution in [0, 0.1) is 5.92 Å². The average Bonchev–Trinajstić information content (AvgIpc) is 2.64. The van der Waals surface area contributed by atoms with Crippen molar-refractivity contribution in [2.45, 2.75) is 26.8 Å². The number of benzene rings is 1. The summed E-state index contributed by atoms with van der Waals surface area (Å²) in [6, 6.07) is 5.21. The van der Waals surface area contributed by atoms with E-state index in [0.29, 0.717) is 30.3 Å². The normalized spacial score (nSPS) is 11.5. The molecule has 0 aliphatic carbocycles. The standard InChI is InChI=1S/C14H20N2O3/c1-10(2)5-7-18-8-6-16-12-4-3-11(15)9-13(12)19-14(16)17/h3-4,9-10H,5-8,15H2,1-2H3. The van der Waals surface area contributed by atoms with Crippen LogP contribution in [0.4, 0.5) is 5.69 Å². The summed E-state index contributed by atoms with van der Waals surface area (Å²) in [6.45, 7) is 6.03. The Morgan fingerprint density at radius 2 is 2.16 bits per heavy atom. The number of nitrogens with two attached hydrogens (primary N) is 1. The molecule has 0 unspecified atom stereocenters. The Hall–Kier alpha value is -1.75. The molecule has 0 saturated heterocycles. The van der Waals surface area contributed by atoms with E-state index in [2.05, 4.69) is 13.8 Å². The van der Waals surface area contributed by atoms with Crippen LogP contribution in [-0.2, 0) is 11.3 Å². The molecular formula is C14H20N2O3. The maximum Gasteiger partial charge on any atom is 0.420 e. The van der Waals surface area contributed by atoms with Crippen molar-refractivity contribution < 1.29 is 9.15 Å². The number of hydrogen-bond donors (Lipinski definition) is 1. The molecule has 5 heteroatoms. The van der Waals surface area contributed by atoms with Crippen LogP contribution in [0.3, 0.4) is 0 Å². The zero-order chi connectivity index (χ0) is 13.8. The van der Waals surface area contributed by atoms with Crippen LogP contribution in [-0.4, -0.2) is 17.8 Å². The van der Waals surface area contributed by atoms with E-state index >= 15 is 0 Å². The summed E-state index contributed by atoms with van der Waals surface area (Å²) in [5, 5.41) is 0. The van der Waals surface area contributed by atoms with Gasteiger partial charge in [-0.2, -0.15) is 0 Å². The Morgan fingerprint density at radius 1 is 1.37 bits per heavy atom. The fraction of sp³-hybridized carbons (Fsp3) is 0.500. The van der Waals surface area contributed by atoms with Gasteiger partial charge in [0.2, 0.25) is 0 Å². The van der Waals surface area contributed by atoms with Gasteiger partial charge in [0.05, 0.1) is 18.7 Å². The predicted octanol–water partition coefficient (Wildman–Crippen LogP) is 2.24. The monoisotopic (exact) mass is 264 g/mol. The van der Waals surface area contributed by atoms with Gasteiger partial charge in [-0.25, -0.2) is 4.79 Å². The summed E-state index contributed by atoms with van der Waals surface area (Å²) in [7, 11) is 0. The third-order valence-corrected chi connectivity index (χ3v) is 2.99. The first kappa shape index (κ1) is 13.7. The second-order valence-electron chi connectivity index (χ2n) is 5.04. The molecule has 5 nitrogen and oxygen atoms in total. The van der Waals surface area contributed by atoms with Gasteiger partial charge in [0, 0.05) is 18.4 Å². The van der Waals surface area contributed by atoms with Crippen molar-refractivity contribution in [2.24, 2.45) is 5.92 Å². The van der Waals surface area contributed by atoms with Crippen molar-refractivity contribution >= 4 is 16.8 Å². The van der Waals surface area contributed by atoms with Crippen LogP contribution in [0.5, 0.6) is 0 Å². The molecular weight excluding hydrogens is 244 g/mol. The van der Waals surface area contributed by atoms with Crippen molar-refractivity contribution in [1.29, 1.82) is 0 Å². The van der Waals surface area contributed by atoms with E-state index in [1.165, 1.54) is 0 Å². The Kier molecular flexibility index (Phi) is 4.27. The quantitative estimate of drug-likeness (QED) is 0.641. The molecule has 0 atom stereocenters. The van der Waals surface area contributed by atoms with E-state index in [0.717, 1.165) is 18.5 Å². The van der Waals surface area contributed by atoms with Gasteiger partial charge in [-0.05, 0) is 24.5 Å². The highest BCUT2D eigenvalue weighted by molar-refractivity contribution is 5.76. The van der Waals surface area contributed by atoms with E-state index in [4.69, 9.17) is 14.9 Å². The number of aromatic nitrogens is 1. The second kappa shape index (κ2) is 5.93. The summed E-state index contributed by atoms with van der Waals surface area (Å²) in [4.78, 5) is 11.7. The van der Waals surface area contributed by atoms with E-state index in [1.54, 1.807) is 22.8 Å². The number of anilines is 1. The van der Waals surface area contributed by atoms with Gasteiger partial charge in [0.25, 0.3) is 0 Å². The highest BCUT2D eigenvalue weighted by atomic mass is 16.5. The number of nitrogen functional groups attached to an aromatic ring is 1. The number of rotatable bonds is 6. The maximum absolute atomic E-state index is 11.7. The zero-order valence-electron chi connectivity index (χ0n) is 11.4. The Morgan fingerprint density at radius 3 is 2.89 bits per heavy atom. The number of hydrogen-bond acceptors (Lipinski definition) is 4. The first-order valence-corrected chi connectivity index (χ1v) is 6.54. The van der Waals surface area contributed by atoms with Crippen LogP contribution >= 0.6 is 0 Å². The number of fused-ring (bicyclic) bond motifs is 1. The van der Waals surface area contributed by atoms with Crippen LogP contribution in [0.1, 0.15) is 20.3 Å². The highest BCUT2D eigenvalue weighted by Crippen LogP contribution is 2.16. The Bertz CT molecular complexity index is 598. The lowest BCUT2D eigenvalue weighted by Gasteiger charge is -2.06. The van der Waals surface area contributed by atoms with Crippen LogP contribution < -0.4 is 11.5 Å². The summed E-state index contributed by atoms with van der Waals surface area (Å²) in [5.74, 6) is 0.258. The van der Waals surface area contributed by atoms with E-state index in [9.17, 15) is 4.79 Å². The van der Waals surface area contributed by atoms with Gasteiger partial charge in [-0.15, -0.1) is 0 Å². The molecule has 0 radical (unpaired) electrons. The van der Waals surface area contributed by atoms with Crippen molar-refractivity contribution in [3.8, 4) is 0 Å². The molecule has 19 heavy (non-hydrogen) atoms. The molecule has 0 spiro atoms. The predicted molar refractivity (Wildman–Crippen MR) is 75.2 cm³/mol. The minimum Gasteiger partial charge on any atom is -0.408 e. The molecule has 1 aromatic carbocycles. The summed E-state index contributed by atoms with van der Waals surface area (Å²) in [6.07, 6.45) is 1.03. The molecule has 0 aliphatic rings. The Balaban J connectivity index is 2.00. The molecule has 2 aromatic rings. The summed E-state index contributed by atoms with van der Waals surface area (Å²) < 4.78 is 12.2. The van der Waals surface area contributed by atoms with Gasteiger partial charge in [0.1, 0.15) is 0 Å². The fourth-order valence-corrected chi connectivity index (χ4v) is 1.87. The number of nitrogens with zero attached hydrogens (tertiary/aromatic N) is 1.